The molecule has 0 atom stereocenters. The molecule has 0 radical (unpaired) electrons. The van der Waals surface area contributed by atoms with Gasteiger partial charge >= 0.3 is 5.97 Å². The van der Waals surface area contributed by atoms with Crippen LogP contribution in [0.3, 0.4) is 0 Å². The number of methoxy groups -OCH3 is 3. The normalized spacial score (nSPS) is 10.8. The Balaban J connectivity index is 2.18. The standard InChI is InChI=1S/C16H17N3O5/c1-8-13(18-19-7-10(16(20)21)17-15(8)19)9-5-11(22-2)14(24-4)12(6-9)23-3/h5-7,18H,1-4H3,(H,20,21). The van der Waals surface area contributed by atoms with E-state index < -0.39 is 5.97 Å². The first kappa shape index (κ1) is 15.7. The molecular formula is C16H17N3O5. The van der Waals surface area contributed by atoms with Crippen molar-refractivity contribution < 1.29 is 24.1 Å². The van der Waals surface area contributed by atoms with Gasteiger partial charge in [0.05, 0.1) is 33.2 Å². The Bertz CT molecular complexity index is 900. The van der Waals surface area contributed by atoms with Gasteiger partial charge in [0.2, 0.25) is 5.75 Å². The van der Waals surface area contributed by atoms with Crippen LogP contribution in [0.5, 0.6) is 17.2 Å². The van der Waals surface area contributed by atoms with Crippen LogP contribution in [0.15, 0.2) is 18.3 Å². The van der Waals surface area contributed by atoms with Gasteiger partial charge in [-0.1, -0.05) is 0 Å². The highest BCUT2D eigenvalue weighted by Gasteiger charge is 2.19. The van der Waals surface area contributed by atoms with E-state index in [1.807, 2.05) is 19.1 Å². The first-order valence-electron chi connectivity index (χ1n) is 7.11. The number of aromatic nitrogens is 3. The smallest absolute Gasteiger partial charge is 0.356 e. The Hall–Kier alpha value is -3.16. The Kier molecular flexibility index (Phi) is 3.80. The number of aromatic amines is 1. The topological polar surface area (TPSA) is 98.1 Å². The number of carboxylic acids is 1. The number of carboxylic acid groups (broad SMARTS) is 1. The van der Waals surface area contributed by atoms with E-state index in [0.717, 1.165) is 16.8 Å². The number of fused-ring (bicyclic) bond motifs is 1. The van der Waals surface area contributed by atoms with Gasteiger partial charge in [0.1, 0.15) is 0 Å². The molecule has 3 aromatic rings. The van der Waals surface area contributed by atoms with E-state index in [1.54, 1.807) is 25.8 Å². The van der Waals surface area contributed by atoms with Crippen molar-refractivity contribution in [3.05, 3.63) is 29.6 Å². The molecule has 0 aliphatic heterocycles. The third-order valence-corrected chi connectivity index (χ3v) is 3.82. The molecule has 0 saturated heterocycles. The number of aryl methyl sites for hydroxylation is 1. The molecule has 0 bridgehead atoms. The van der Waals surface area contributed by atoms with Crippen LogP contribution in [-0.4, -0.2) is 47.0 Å². The maximum absolute atomic E-state index is 11.0. The number of nitrogens with zero attached hydrogens (tertiary/aromatic N) is 2. The summed E-state index contributed by atoms with van der Waals surface area (Å²) in [6, 6.07) is 3.63. The van der Waals surface area contributed by atoms with E-state index in [1.165, 1.54) is 6.20 Å². The molecule has 2 N–H and O–H groups in total. The van der Waals surface area contributed by atoms with Crippen LogP contribution in [0.1, 0.15) is 16.1 Å². The van der Waals surface area contributed by atoms with Crippen LogP contribution in [0, 0.1) is 6.92 Å². The number of rotatable bonds is 5. The molecule has 0 fully saturated rings. The molecule has 0 aliphatic carbocycles. The first-order chi connectivity index (χ1) is 11.5. The Morgan fingerprint density at radius 3 is 2.25 bits per heavy atom. The average molecular weight is 331 g/mol. The van der Waals surface area contributed by atoms with Crippen molar-refractivity contribution in [1.29, 1.82) is 0 Å². The zero-order valence-electron chi connectivity index (χ0n) is 13.7. The molecule has 8 nitrogen and oxygen atoms in total. The lowest BCUT2D eigenvalue weighted by Crippen LogP contribution is -1.97. The number of hydrogen-bond donors (Lipinski definition) is 2. The average Bonchev–Trinajstić information content (AvgIpc) is 3.13. The van der Waals surface area contributed by atoms with Gasteiger partial charge in [-0.05, 0) is 19.1 Å². The van der Waals surface area contributed by atoms with E-state index >= 15 is 0 Å². The highest BCUT2D eigenvalue weighted by Crippen LogP contribution is 2.41. The third kappa shape index (κ3) is 2.32. The van der Waals surface area contributed by atoms with E-state index in [9.17, 15) is 4.79 Å². The van der Waals surface area contributed by atoms with E-state index in [-0.39, 0.29) is 5.69 Å². The summed E-state index contributed by atoms with van der Waals surface area (Å²) < 4.78 is 17.6. The minimum absolute atomic E-state index is 0.0132. The van der Waals surface area contributed by atoms with Crippen LogP contribution in [0.25, 0.3) is 16.9 Å². The van der Waals surface area contributed by atoms with E-state index in [2.05, 4.69) is 10.1 Å². The van der Waals surface area contributed by atoms with Gasteiger partial charge in [-0.2, -0.15) is 0 Å². The van der Waals surface area contributed by atoms with Crippen molar-refractivity contribution in [2.24, 2.45) is 0 Å². The number of nitrogens with one attached hydrogen (secondary N) is 1. The molecule has 0 unspecified atom stereocenters. The number of hydrogen-bond acceptors (Lipinski definition) is 5. The summed E-state index contributed by atoms with van der Waals surface area (Å²) in [7, 11) is 4.64. The number of imidazole rings is 1. The van der Waals surface area contributed by atoms with Gasteiger partial charge in [-0.15, -0.1) is 0 Å². The van der Waals surface area contributed by atoms with Gasteiger partial charge < -0.3 is 19.3 Å². The van der Waals surface area contributed by atoms with Gasteiger partial charge in [-0.3, -0.25) is 5.10 Å². The van der Waals surface area contributed by atoms with Crippen LogP contribution < -0.4 is 14.2 Å². The molecular weight excluding hydrogens is 314 g/mol. The number of carbonyl (C=O) groups is 1. The number of benzene rings is 1. The molecule has 0 spiro atoms. The lowest BCUT2D eigenvalue weighted by atomic mass is 10.1. The Morgan fingerprint density at radius 1 is 1.17 bits per heavy atom. The molecule has 2 heterocycles. The minimum Gasteiger partial charge on any atom is -0.493 e. The van der Waals surface area contributed by atoms with Crippen LogP contribution in [0.2, 0.25) is 0 Å². The van der Waals surface area contributed by atoms with Crippen molar-refractivity contribution >= 4 is 11.6 Å². The van der Waals surface area contributed by atoms with Gasteiger partial charge in [-0.25, -0.2) is 14.3 Å². The molecule has 3 rings (SSSR count). The monoisotopic (exact) mass is 331 g/mol. The van der Waals surface area contributed by atoms with Crippen LogP contribution >= 0.6 is 0 Å². The van der Waals surface area contributed by atoms with E-state index in [4.69, 9.17) is 19.3 Å². The summed E-state index contributed by atoms with van der Waals surface area (Å²) in [5.74, 6) is 0.501. The summed E-state index contributed by atoms with van der Waals surface area (Å²) in [5.41, 5.74) is 2.95. The van der Waals surface area contributed by atoms with Gasteiger partial charge in [0.15, 0.2) is 22.8 Å². The van der Waals surface area contributed by atoms with Crippen LogP contribution in [0.4, 0.5) is 0 Å². The molecule has 24 heavy (non-hydrogen) atoms. The number of ether oxygens (including phenoxy) is 3. The number of H-pyrrole nitrogens is 1. The van der Waals surface area contributed by atoms with Crippen molar-refractivity contribution in [2.75, 3.05) is 21.3 Å². The second-order valence-electron chi connectivity index (χ2n) is 5.15. The zero-order valence-corrected chi connectivity index (χ0v) is 13.7. The van der Waals surface area contributed by atoms with Crippen LogP contribution in [-0.2, 0) is 0 Å². The zero-order chi connectivity index (χ0) is 17.4. The summed E-state index contributed by atoms with van der Waals surface area (Å²) in [5, 5.41) is 12.2. The minimum atomic E-state index is -1.07. The summed E-state index contributed by atoms with van der Waals surface area (Å²) in [6.07, 6.45) is 1.44. The van der Waals surface area contributed by atoms with Crippen molar-refractivity contribution in [3.8, 4) is 28.5 Å². The Morgan fingerprint density at radius 2 is 1.79 bits per heavy atom. The maximum Gasteiger partial charge on any atom is 0.356 e. The van der Waals surface area contributed by atoms with Crippen molar-refractivity contribution in [2.45, 2.75) is 6.92 Å². The second kappa shape index (κ2) is 5.80. The fourth-order valence-corrected chi connectivity index (χ4v) is 2.66. The quantitative estimate of drug-likeness (QED) is 0.745. The Labute approximate surface area is 137 Å². The molecule has 2 aromatic heterocycles. The SMILES string of the molecule is COc1cc(-c2[nH]n3cc(C(=O)O)nc3c2C)cc(OC)c1OC. The molecule has 1 aromatic carbocycles. The summed E-state index contributed by atoms with van der Waals surface area (Å²) >= 11 is 0. The largest absolute Gasteiger partial charge is 0.493 e. The van der Waals surface area contributed by atoms with Crippen molar-refractivity contribution in [1.82, 2.24) is 14.6 Å². The van der Waals surface area contributed by atoms with Gasteiger partial charge in [0, 0.05) is 11.1 Å². The maximum atomic E-state index is 11.0. The predicted octanol–water partition coefficient (Wildman–Crippen LogP) is 2.36. The first-order valence-corrected chi connectivity index (χ1v) is 7.11. The molecule has 0 amide bonds. The highest BCUT2D eigenvalue weighted by atomic mass is 16.5. The van der Waals surface area contributed by atoms with Crippen molar-refractivity contribution in [3.63, 3.8) is 0 Å². The van der Waals surface area contributed by atoms with Gasteiger partial charge in [0.25, 0.3) is 0 Å². The molecule has 126 valence electrons. The predicted molar refractivity (Wildman–Crippen MR) is 86.3 cm³/mol. The summed E-state index contributed by atoms with van der Waals surface area (Å²) in [4.78, 5) is 15.2. The highest BCUT2D eigenvalue weighted by molar-refractivity contribution is 5.87. The lowest BCUT2D eigenvalue weighted by molar-refractivity contribution is 0.0691. The lowest BCUT2D eigenvalue weighted by Gasteiger charge is -2.13. The number of aromatic carboxylic acids is 1. The van der Waals surface area contributed by atoms with E-state index in [0.29, 0.717) is 22.9 Å². The fraction of sp³-hybridized carbons (Fsp3) is 0.250. The summed E-state index contributed by atoms with van der Waals surface area (Å²) in [6.45, 7) is 1.86. The molecule has 0 saturated carbocycles. The third-order valence-electron chi connectivity index (χ3n) is 3.82. The molecule has 8 heteroatoms. The molecule has 0 aliphatic rings. The fourth-order valence-electron chi connectivity index (χ4n) is 2.66. The second-order valence-corrected chi connectivity index (χ2v) is 5.15.